The summed E-state index contributed by atoms with van der Waals surface area (Å²) in [6.45, 7) is 2.93. The quantitative estimate of drug-likeness (QED) is 0.322. The Morgan fingerprint density at radius 1 is 1.25 bits per heavy atom. The molecule has 0 radical (unpaired) electrons. The Kier molecular flexibility index (Phi) is 8.46. The second-order valence-corrected chi connectivity index (χ2v) is 8.40. The summed E-state index contributed by atoms with van der Waals surface area (Å²) < 4.78 is 34.9. The SMILES string of the molecule is CC(=O)O[C@H]1C[C@H](n2cc(C)c(=O)[nH]c2=O)O[C@@H]1CO[P+](=O)OCCCc1ccccc1. The highest BCUT2D eigenvalue weighted by Gasteiger charge is 2.41. The number of hydrogen-bond donors (Lipinski definition) is 1. The van der Waals surface area contributed by atoms with E-state index in [1.165, 1.54) is 17.7 Å². The molecule has 10 nitrogen and oxygen atoms in total. The van der Waals surface area contributed by atoms with Gasteiger partial charge in [-0.05, 0) is 25.3 Å². The van der Waals surface area contributed by atoms with Crippen LogP contribution < -0.4 is 11.2 Å². The molecule has 0 spiro atoms. The molecule has 3 rings (SSSR count). The Hall–Kier alpha value is -2.65. The lowest BCUT2D eigenvalue weighted by atomic mass is 10.1. The van der Waals surface area contributed by atoms with E-state index in [4.69, 9.17) is 18.5 Å². The number of nitrogens with one attached hydrogen (secondary N) is 1. The summed E-state index contributed by atoms with van der Waals surface area (Å²) in [5.41, 5.74) is 0.377. The summed E-state index contributed by atoms with van der Waals surface area (Å²) in [5, 5.41) is 0. The third-order valence-corrected chi connectivity index (χ3v) is 5.70. The first-order valence-corrected chi connectivity index (χ1v) is 11.3. The molecule has 1 unspecified atom stereocenters. The zero-order valence-electron chi connectivity index (χ0n) is 17.9. The van der Waals surface area contributed by atoms with Crippen LogP contribution in [0.2, 0.25) is 0 Å². The first kappa shape index (κ1) is 24.0. The van der Waals surface area contributed by atoms with Crippen molar-refractivity contribution < 1.29 is 27.9 Å². The van der Waals surface area contributed by atoms with Gasteiger partial charge in [0.05, 0.1) is 0 Å². The number of esters is 1. The lowest BCUT2D eigenvalue weighted by Gasteiger charge is -2.15. The van der Waals surface area contributed by atoms with Crippen LogP contribution in [-0.2, 0) is 34.3 Å². The van der Waals surface area contributed by atoms with Crippen LogP contribution in [0.3, 0.4) is 0 Å². The highest BCUT2D eigenvalue weighted by molar-refractivity contribution is 7.33. The molecule has 1 aromatic heterocycles. The first-order chi connectivity index (χ1) is 15.3. The van der Waals surface area contributed by atoms with E-state index >= 15 is 0 Å². The van der Waals surface area contributed by atoms with Gasteiger partial charge in [-0.3, -0.25) is 19.1 Å². The van der Waals surface area contributed by atoms with Crippen molar-refractivity contribution in [1.82, 2.24) is 9.55 Å². The second-order valence-electron chi connectivity index (χ2n) is 7.43. The van der Waals surface area contributed by atoms with E-state index in [-0.39, 0.29) is 19.6 Å². The Morgan fingerprint density at radius 3 is 2.72 bits per heavy atom. The molecule has 32 heavy (non-hydrogen) atoms. The molecular weight excluding hydrogens is 439 g/mol. The van der Waals surface area contributed by atoms with Gasteiger partial charge in [0.1, 0.15) is 31.6 Å². The summed E-state index contributed by atoms with van der Waals surface area (Å²) >= 11 is 0. The average Bonchev–Trinajstić information content (AvgIpc) is 3.14. The summed E-state index contributed by atoms with van der Waals surface area (Å²) in [6, 6.07) is 9.87. The Bertz CT molecular complexity index is 1050. The number of carbonyl (C=O) groups is 1. The lowest BCUT2D eigenvalue weighted by Crippen LogP contribution is -2.33. The molecule has 172 valence electrons. The summed E-state index contributed by atoms with van der Waals surface area (Å²) in [5.74, 6) is -0.518. The van der Waals surface area contributed by atoms with Crippen molar-refractivity contribution in [3.05, 3.63) is 68.5 Å². The number of rotatable bonds is 10. The van der Waals surface area contributed by atoms with E-state index in [0.29, 0.717) is 12.0 Å². The van der Waals surface area contributed by atoms with Crippen LogP contribution in [0.5, 0.6) is 0 Å². The summed E-state index contributed by atoms with van der Waals surface area (Å²) in [6.07, 6.45) is 0.790. The van der Waals surface area contributed by atoms with E-state index in [1.54, 1.807) is 6.92 Å². The third-order valence-electron chi connectivity index (χ3n) is 4.95. The van der Waals surface area contributed by atoms with Gasteiger partial charge in [-0.2, -0.15) is 0 Å². The zero-order valence-corrected chi connectivity index (χ0v) is 18.8. The predicted molar refractivity (Wildman–Crippen MR) is 114 cm³/mol. The summed E-state index contributed by atoms with van der Waals surface area (Å²) in [4.78, 5) is 37.4. The number of aryl methyl sites for hydroxylation is 2. The van der Waals surface area contributed by atoms with E-state index in [9.17, 15) is 18.9 Å². The van der Waals surface area contributed by atoms with Gasteiger partial charge in [-0.15, -0.1) is 9.05 Å². The van der Waals surface area contributed by atoms with Crippen LogP contribution in [0.4, 0.5) is 0 Å². The molecule has 4 atom stereocenters. The molecule has 1 aliphatic heterocycles. The standard InChI is InChI=1S/C21H25N2O8P/c1-14-12-23(21(26)22-20(14)25)19-11-17(30-15(2)24)18(31-19)13-29-32(27)28-10-6-9-16-7-4-3-5-8-16/h3-5,7-8,12,17-19H,6,9-11,13H2,1-2H3/p+1/t17-,18+,19+/m0/s1. The minimum absolute atomic E-state index is 0.153. The lowest BCUT2D eigenvalue weighted by molar-refractivity contribution is -0.150. The zero-order chi connectivity index (χ0) is 23.1. The number of hydrogen-bond acceptors (Lipinski definition) is 8. The Balaban J connectivity index is 1.52. The minimum atomic E-state index is -2.39. The molecule has 0 amide bonds. The van der Waals surface area contributed by atoms with E-state index in [0.717, 1.165) is 12.0 Å². The van der Waals surface area contributed by atoms with Crippen LogP contribution in [-0.4, -0.2) is 40.9 Å². The monoisotopic (exact) mass is 465 g/mol. The first-order valence-electron chi connectivity index (χ1n) is 10.2. The maximum Gasteiger partial charge on any atom is 0.697 e. The molecule has 2 heterocycles. The molecule has 11 heteroatoms. The maximum atomic E-state index is 12.2. The molecule has 0 bridgehead atoms. The van der Waals surface area contributed by atoms with Gasteiger partial charge in [0.25, 0.3) is 5.56 Å². The summed E-state index contributed by atoms with van der Waals surface area (Å²) in [7, 11) is -2.39. The Labute approximate surface area is 185 Å². The minimum Gasteiger partial charge on any atom is -0.460 e. The predicted octanol–water partition coefficient (Wildman–Crippen LogP) is 2.39. The molecule has 2 aromatic rings. The normalized spacial score (nSPS) is 20.8. The number of H-pyrrole nitrogens is 1. The number of benzene rings is 1. The molecular formula is C21H26N2O8P+. The smallest absolute Gasteiger partial charge is 0.460 e. The van der Waals surface area contributed by atoms with Gasteiger partial charge in [-0.1, -0.05) is 30.3 Å². The second kappa shape index (κ2) is 11.3. The maximum absolute atomic E-state index is 12.2. The molecule has 1 N–H and O–H groups in total. The highest BCUT2D eigenvalue weighted by atomic mass is 31.1. The number of aromatic amines is 1. The van der Waals surface area contributed by atoms with Gasteiger partial charge >= 0.3 is 19.9 Å². The van der Waals surface area contributed by atoms with Crippen LogP contribution >= 0.6 is 8.25 Å². The van der Waals surface area contributed by atoms with Crippen molar-refractivity contribution in [2.45, 2.75) is 51.5 Å². The fraction of sp³-hybridized carbons (Fsp3) is 0.476. The fourth-order valence-corrected chi connectivity index (χ4v) is 4.01. The fourth-order valence-electron chi connectivity index (χ4n) is 3.39. The van der Waals surface area contributed by atoms with Crippen molar-refractivity contribution in [1.29, 1.82) is 0 Å². The number of ether oxygens (including phenoxy) is 2. The number of carbonyl (C=O) groups excluding carboxylic acids is 1. The van der Waals surface area contributed by atoms with Crippen molar-refractivity contribution in [3.8, 4) is 0 Å². The van der Waals surface area contributed by atoms with E-state index in [1.807, 2.05) is 30.3 Å². The molecule has 1 aliphatic rings. The van der Waals surface area contributed by atoms with Crippen LogP contribution in [0.1, 0.15) is 37.1 Å². The average molecular weight is 465 g/mol. The van der Waals surface area contributed by atoms with E-state index < -0.39 is 43.9 Å². The molecule has 1 fully saturated rings. The van der Waals surface area contributed by atoms with Crippen LogP contribution in [0, 0.1) is 6.92 Å². The van der Waals surface area contributed by atoms with Gasteiger partial charge in [0.15, 0.2) is 0 Å². The van der Waals surface area contributed by atoms with Crippen molar-refractivity contribution in [3.63, 3.8) is 0 Å². The van der Waals surface area contributed by atoms with E-state index in [2.05, 4.69) is 4.98 Å². The molecule has 0 saturated carbocycles. The van der Waals surface area contributed by atoms with Crippen molar-refractivity contribution in [2.24, 2.45) is 0 Å². The molecule has 0 aliphatic carbocycles. The van der Waals surface area contributed by atoms with Gasteiger partial charge in [-0.25, -0.2) is 4.79 Å². The van der Waals surface area contributed by atoms with Gasteiger partial charge < -0.3 is 9.47 Å². The third kappa shape index (κ3) is 6.67. The van der Waals surface area contributed by atoms with Gasteiger partial charge in [0, 0.05) is 29.7 Å². The molecule has 1 saturated heterocycles. The van der Waals surface area contributed by atoms with Gasteiger partial charge in [0.2, 0.25) is 0 Å². The number of nitrogens with zero attached hydrogens (tertiary/aromatic N) is 1. The number of aromatic nitrogens is 2. The van der Waals surface area contributed by atoms with Crippen molar-refractivity contribution >= 4 is 14.2 Å². The topological polar surface area (TPSA) is 126 Å². The Morgan fingerprint density at radius 2 is 2.00 bits per heavy atom. The highest BCUT2D eigenvalue weighted by Crippen LogP contribution is 2.33. The van der Waals surface area contributed by atoms with Crippen LogP contribution in [0.15, 0.2) is 46.1 Å². The van der Waals surface area contributed by atoms with Crippen LogP contribution in [0.25, 0.3) is 0 Å². The largest absolute Gasteiger partial charge is 0.697 e. The van der Waals surface area contributed by atoms with Crippen molar-refractivity contribution in [2.75, 3.05) is 13.2 Å². The molecule has 1 aromatic carbocycles.